The van der Waals surface area contributed by atoms with Gasteiger partial charge in [0.1, 0.15) is 12.9 Å². The molecule has 0 aliphatic heterocycles. The first-order valence-corrected chi connectivity index (χ1v) is 10.7. The zero-order valence-electron chi connectivity index (χ0n) is 16.4. The number of para-hydroxylation sites is 1. The van der Waals surface area contributed by atoms with Gasteiger partial charge >= 0.3 is 0 Å². The normalized spacial score (nSPS) is 10.9. The fraction of sp³-hybridized carbons (Fsp3) is 0.136. The van der Waals surface area contributed by atoms with Crippen molar-refractivity contribution in [2.45, 2.75) is 24.1 Å². The summed E-state index contributed by atoms with van der Waals surface area (Å²) >= 11 is 7.67. The average molecular weight is 457 g/mol. The summed E-state index contributed by atoms with van der Waals surface area (Å²) in [6.45, 7) is 4.37. The van der Waals surface area contributed by atoms with Crippen molar-refractivity contribution >= 4 is 23.4 Å². The maximum absolute atomic E-state index is 13.8. The number of hydrogen-bond acceptors (Lipinski definition) is 6. The summed E-state index contributed by atoms with van der Waals surface area (Å²) in [5, 5.41) is 9.68. The van der Waals surface area contributed by atoms with Crippen molar-refractivity contribution in [3.05, 3.63) is 89.8 Å². The van der Waals surface area contributed by atoms with Gasteiger partial charge in [0.15, 0.2) is 22.5 Å². The lowest BCUT2D eigenvalue weighted by Gasteiger charge is -2.09. The Labute approximate surface area is 187 Å². The zero-order valence-corrected chi connectivity index (χ0v) is 17.9. The maximum Gasteiger partial charge on any atom is 0.227 e. The van der Waals surface area contributed by atoms with Gasteiger partial charge in [-0.25, -0.2) is 9.37 Å². The van der Waals surface area contributed by atoms with Crippen LogP contribution >= 0.6 is 23.4 Å². The van der Waals surface area contributed by atoms with E-state index >= 15 is 0 Å². The Bertz CT molecular complexity index is 1190. The van der Waals surface area contributed by atoms with Crippen molar-refractivity contribution in [2.24, 2.45) is 0 Å². The molecule has 9 heteroatoms. The number of thioether (sulfide) groups is 1. The fourth-order valence-corrected chi connectivity index (χ4v) is 3.88. The molecule has 4 rings (SSSR count). The minimum atomic E-state index is -0.424. The third-order valence-corrected chi connectivity index (χ3v) is 5.63. The SMILES string of the molecule is C=CCn1c(COc2ccccc2F)nnc1SCc1coc(-c2ccccc2Cl)n1. The highest BCUT2D eigenvalue weighted by atomic mass is 35.5. The van der Waals surface area contributed by atoms with Gasteiger partial charge in [-0.15, -0.1) is 16.8 Å². The second-order valence-electron chi connectivity index (χ2n) is 6.43. The van der Waals surface area contributed by atoms with Gasteiger partial charge in [0.2, 0.25) is 5.89 Å². The number of benzene rings is 2. The molecule has 0 bridgehead atoms. The van der Waals surface area contributed by atoms with E-state index < -0.39 is 5.82 Å². The number of rotatable bonds is 9. The molecule has 0 radical (unpaired) electrons. The second kappa shape index (κ2) is 9.80. The van der Waals surface area contributed by atoms with Gasteiger partial charge < -0.3 is 9.15 Å². The molecule has 0 amide bonds. The minimum Gasteiger partial charge on any atom is -0.483 e. The molecule has 6 nitrogen and oxygen atoms in total. The van der Waals surface area contributed by atoms with Crippen LogP contribution < -0.4 is 4.74 Å². The van der Waals surface area contributed by atoms with Crippen LogP contribution in [0.2, 0.25) is 5.02 Å². The Balaban J connectivity index is 1.45. The number of oxazole rings is 1. The Morgan fingerprint density at radius 2 is 1.97 bits per heavy atom. The first-order valence-electron chi connectivity index (χ1n) is 9.38. The van der Waals surface area contributed by atoms with E-state index in [0.29, 0.717) is 34.2 Å². The lowest BCUT2D eigenvalue weighted by molar-refractivity contribution is 0.275. The molecular weight excluding hydrogens is 439 g/mol. The first kappa shape index (κ1) is 21.1. The van der Waals surface area contributed by atoms with Crippen molar-refractivity contribution < 1.29 is 13.5 Å². The van der Waals surface area contributed by atoms with Crippen LogP contribution in [0.1, 0.15) is 11.5 Å². The fourth-order valence-electron chi connectivity index (χ4n) is 2.82. The van der Waals surface area contributed by atoms with Crippen LogP contribution in [0, 0.1) is 5.82 Å². The highest BCUT2D eigenvalue weighted by Crippen LogP contribution is 2.29. The highest BCUT2D eigenvalue weighted by molar-refractivity contribution is 7.98. The summed E-state index contributed by atoms with van der Waals surface area (Å²) in [5.74, 6) is 1.30. The Kier molecular flexibility index (Phi) is 6.69. The number of halogens is 2. The van der Waals surface area contributed by atoms with Gasteiger partial charge in [-0.3, -0.25) is 4.57 Å². The van der Waals surface area contributed by atoms with Gasteiger partial charge in [0, 0.05) is 12.3 Å². The lowest BCUT2D eigenvalue weighted by Crippen LogP contribution is -2.08. The summed E-state index contributed by atoms with van der Waals surface area (Å²) in [7, 11) is 0. The summed E-state index contributed by atoms with van der Waals surface area (Å²) in [6, 6.07) is 13.6. The Morgan fingerprint density at radius 3 is 2.77 bits per heavy atom. The van der Waals surface area contributed by atoms with Crippen LogP contribution in [0.3, 0.4) is 0 Å². The first-order chi connectivity index (χ1) is 15.2. The summed E-state index contributed by atoms with van der Waals surface area (Å²) in [6.07, 6.45) is 3.34. The molecule has 0 saturated carbocycles. The van der Waals surface area contributed by atoms with Crippen molar-refractivity contribution in [3.63, 3.8) is 0 Å². The van der Waals surface area contributed by atoms with E-state index in [1.807, 2.05) is 22.8 Å². The molecule has 0 saturated heterocycles. The molecule has 0 fully saturated rings. The lowest BCUT2D eigenvalue weighted by atomic mass is 10.2. The molecule has 0 aliphatic carbocycles. The van der Waals surface area contributed by atoms with Crippen molar-refractivity contribution in [3.8, 4) is 17.2 Å². The third-order valence-electron chi connectivity index (χ3n) is 4.30. The van der Waals surface area contributed by atoms with E-state index in [1.165, 1.54) is 17.8 Å². The molecule has 158 valence electrons. The molecule has 0 spiro atoms. The zero-order chi connectivity index (χ0) is 21.6. The van der Waals surface area contributed by atoms with Crippen LogP contribution in [0.25, 0.3) is 11.5 Å². The van der Waals surface area contributed by atoms with Crippen LogP contribution in [0.5, 0.6) is 5.75 Å². The predicted octanol–water partition coefficient (Wildman–Crippen LogP) is 5.78. The van der Waals surface area contributed by atoms with Crippen molar-refractivity contribution in [2.75, 3.05) is 0 Å². The smallest absolute Gasteiger partial charge is 0.227 e. The molecule has 31 heavy (non-hydrogen) atoms. The molecule has 0 aliphatic rings. The molecule has 2 heterocycles. The summed E-state index contributed by atoms with van der Waals surface area (Å²) < 4.78 is 26.8. The Morgan fingerprint density at radius 1 is 1.16 bits per heavy atom. The third kappa shape index (κ3) is 4.98. The van der Waals surface area contributed by atoms with E-state index in [1.54, 1.807) is 36.6 Å². The Hall–Kier alpha value is -3.10. The molecule has 2 aromatic carbocycles. The van der Waals surface area contributed by atoms with Gasteiger partial charge in [0.25, 0.3) is 0 Å². The number of allylic oxidation sites excluding steroid dienone is 1. The molecule has 4 aromatic rings. The molecule has 2 aromatic heterocycles. The standard InChI is InChI=1S/C22H18ClFN4O2S/c1-2-11-28-20(13-29-19-10-6-5-9-18(19)24)26-27-22(28)31-14-15-12-30-21(25-15)16-7-3-4-8-17(16)23/h2-10,12H,1,11,13-14H2. The highest BCUT2D eigenvalue weighted by Gasteiger charge is 2.15. The molecule has 0 N–H and O–H groups in total. The number of ether oxygens (including phenoxy) is 1. The minimum absolute atomic E-state index is 0.0863. The maximum atomic E-state index is 13.8. The van der Waals surface area contributed by atoms with Crippen LogP contribution in [-0.2, 0) is 18.9 Å². The number of nitrogens with zero attached hydrogens (tertiary/aromatic N) is 4. The monoisotopic (exact) mass is 456 g/mol. The summed E-state index contributed by atoms with van der Waals surface area (Å²) in [5.41, 5.74) is 1.49. The van der Waals surface area contributed by atoms with Gasteiger partial charge in [-0.2, -0.15) is 0 Å². The molecule has 0 unspecified atom stereocenters. The topological polar surface area (TPSA) is 66.0 Å². The second-order valence-corrected chi connectivity index (χ2v) is 7.78. The van der Waals surface area contributed by atoms with E-state index in [9.17, 15) is 4.39 Å². The van der Waals surface area contributed by atoms with Crippen LogP contribution in [0.15, 0.2) is 77.0 Å². The van der Waals surface area contributed by atoms with E-state index in [4.69, 9.17) is 20.8 Å². The molecular formula is C22H18ClFN4O2S. The largest absolute Gasteiger partial charge is 0.483 e. The van der Waals surface area contributed by atoms with Crippen molar-refractivity contribution in [1.82, 2.24) is 19.7 Å². The van der Waals surface area contributed by atoms with Gasteiger partial charge in [-0.05, 0) is 24.3 Å². The van der Waals surface area contributed by atoms with Gasteiger partial charge in [0.05, 0.1) is 16.3 Å². The average Bonchev–Trinajstić information content (AvgIpc) is 3.39. The van der Waals surface area contributed by atoms with E-state index in [2.05, 4.69) is 21.8 Å². The quantitative estimate of drug-likeness (QED) is 0.235. The van der Waals surface area contributed by atoms with E-state index in [0.717, 1.165) is 11.3 Å². The van der Waals surface area contributed by atoms with Crippen molar-refractivity contribution in [1.29, 1.82) is 0 Å². The van der Waals surface area contributed by atoms with Gasteiger partial charge in [-0.1, -0.05) is 53.7 Å². The molecule has 0 atom stereocenters. The van der Waals surface area contributed by atoms with E-state index in [-0.39, 0.29) is 12.4 Å². The number of hydrogen-bond donors (Lipinski definition) is 0. The van der Waals surface area contributed by atoms with Crippen LogP contribution in [0.4, 0.5) is 4.39 Å². The number of aromatic nitrogens is 4. The van der Waals surface area contributed by atoms with Crippen LogP contribution in [-0.4, -0.2) is 19.7 Å². The summed E-state index contributed by atoms with van der Waals surface area (Å²) in [4.78, 5) is 4.51. The predicted molar refractivity (Wildman–Crippen MR) is 117 cm³/mol.